The summed E-state index contributed by atoms with van der Waals surface area (Å²) in [6.45, 7) is 0. The molecule has 3 aromatic heterocycles. The summed E-state index contributed by atoms with van der Waals surface area (Å²) in [6.07, 6.45) is 4.18. The molecular weight excluding hydrogens is 228 g/mol. The summed E-state index contributed by atoms with van der Waals surface area (Å²) in [4.78, 5) is 8.63. The Morgan fingerprint density at radius 3 is 2.61 bits per heavy atom. The van der Waals surface area contributed by atoms with Gasteiger partial charge in [-0.1, -0.05) is 17.3 Å². The Bertz CT molecular complexity index is 603. The SMILES string of the molecule is c1ccc(-c2ccc(Cc3nn[nH]n3)cn2)nc1. The third-order valence-corrected chi connectivity index (χ3v) is 2.50. The fourth-order valence-corrected chi connectivity index (χ4v) is 1.63. The number of rotatable bonds is 3. The Morgan fingerprint density at radius 1 is 1.00 bits per heavy atom. The summed E-state index contributed by atoms with van der Waals surface area (Å²) in [5.41, 5.74) is 2.76. The van der Waals surface area contributed by atoms with E-state index >= 15 is 0 Å². The Morgan fingerprint density at radius 2 is 1.94 bits per heavy atom. The van der Waals surface area contributed by atoms with Crippen molar-refractivity contribution in [1.29, 1.82) is 0 Å². The lowest BCUT2D eigenvalue weighted by Gasteiger charge is -2.01. The van der Waals surface area contributed by atoms with E-state index in [0.29, 0.717) is 12.2 Å². The van der Waals surface area contributed by atoms with Gasteiger partial charge in [-0.05, 0) is 23.8 Å². The van der Waals surface area contributed by atoms with Crippen molar-refractivity contribution in [2.75, 3.05) is 0 Å². The molecule has 18 heavy (non-hydrogen) atoms. The molecule has 0 aliphatic heterocycles. The standard InChI is InChI=1S/C12H10N6/c1-2-6-13-10(3-1)11-5-4-9(8-14-11)7-12-15-17-18-16-12/h1-6,8H,7H2,(H,15,16,17,18). The van der Waals surface area contributed by atoms with Crippen LogP contribution in [0.2, 0.25) is 0 Å². The number of aromatic amines is 1. The minimum atomic E-state index is 0.617. The lowest BCUT2D eigenvalue weighted by molar-refractivity contribution is 0.881. The lowest BCUT2D eigenvalue weighted by atomic mass is 10.1. The lowest BCUT2D eigenvalue weighted by Crippen LogP contribution is -1.93. The maximum absolute atomic E-state index is 4.38. The molecule has 0 saturated heterocycles. The van der Waals surface area contributed by atoms with Gasteiger partial charge in [0, 0.05) is 18.8 Å². The Labute approximate surface area is 103 Å². The van der Waals surface area contributed by atoms with Gasteiger partial charge in [0.1, 0.15) is 0 Å². The van der Waals surface area contributed by atoms with Crippen molar-refractivity contribution < 1.29 is 0 Å². The van der Waals surface area contributed by atoms with Gasteiger partial charge in [-0.15, -0.1) is 10.2 Å². The topological polar surface area (TPSA) is 80.2 Å². The van der Waals surface area contributed by atoms with Gasteiger partial charge in [0.05, 0.1) is 11.4 Å². The number of nitrogens with zero attached hydrogens (tertiary/aromatic N) is 5. The maximum Gasteiger partial charge on any atom is 0.178 e. The molecule has 1 N–H and O–H groups in total. The smallest absolute Gasteiger partial charge is 0.178 e. The molecule has 0 atom stereocenters. The Hall–Kier alpha value is -2.63. The highest BCUT2D eigenvalue weighted by Gasteiger charge is 2.03. The first kappa shape index (κ1) is 10.5. The van der Waals surface area contributed by atoms with E-state index in [2.05, 4.69) is 30.6 Å². The molecule has 6 nitrogen and oxygen atoms in total. The van der Waals surface area contributed by atoms with Crippen LogP contribution in [0.4, 0.5) is 0 Å². The third-order valence-electron chi connectivity index (χ3n) is 2.50. The molecule has 3 heterocycles. The molecule has 0 fully saturated rings. The van der Waals surface area contributed by atoms with Crippen molar-refractivity contribution in [3.05, 3.63) is 54.1 Å². The van der Waals surface area contributed by atoms with Gasteiger partial charge >= 0.3 is 0 Å². The average Bonchev–Trinajstić information content (AvgIpc) is 2.94. The van der Waals surface area contributed by atoms with Crippen LogP contribution < -0.4 is 0 Å². The molecule has 0 saturated carbocycles. The normalized spacial score (nSPS) is 10.4. The third kappa shape index (κ3) is 2.22. The molecule has 6 heteroatoms. The molecule has 0 bridgehead atoms. The second-order valence-corrected chi connectivity index (χ2v) is 3.77. The van der Waals surface area contributed by atoms with Gasteiger partial charge in [-0.25, -0.2) is 0 Å². The summed E-state index contributed by atoms with van der Waals surface area (Å²) in [7, 11) is 0. The van der Waals surface area contributed by atoms with E-state index in [1.54, 1.807) is 12.4 Å². The minimum Gasteiger partial charge on any atom is -0.255 e. The molecule has 0 unspecified atom stereocenters. The van der Waals surface area contributed by atoms with Gasteiger partial charge in [-0.2, -0.15) is 5.21 Å². The van der Waals surface area contributed by atoms with Crippen LogP contribution in [0.3, 0.4) is 0 Å². The van der Waals surface area contributed by atoms with Crippen molar-refractivity contribution in [1.82, 2.24) is 30.6 Å². The molecule has 88 valence electrons. The fraction of sp³-hybridized carbons (Fsp3) is 0.0833. The molecule has 0 amide bonds. The van der Waals surface area contributed by atoms with Crippen molar-refractivity contribution in [2.45, 2.75) is 6.42 Å². The Kier molecular flexibility index (Phi) is 2.75. The zero-order valence-electron chi connectivity index (χ0n) is 9.48. The molecule has 3 aromatic rings. The maximum atomic E-state index is 4.38. The first-order chi connectivity index (χ1) is 8.92. The van der Waals surface area contributed by atoms with Crippen LogP contribution in [0.15, 0.2) is 42.7 Å². The highest BCUT2D eigenvalue weighted by Crippen LogP contribution is 2.14. The van der Waals surface area contributed by atoms with Gasteiger partial charge in [0.15, 0.2) is 5.82 Å². The molecular formula is C12H10N6. The largest absolute Gasteiger partial charge is 0.255 e. The number of nitrogens with one attached hydrogen (secondary N) is 1. The number of H-pyrrole nitrogens is 1. The van der Waals surface area contributed by atoms with Gasteiger partial charge in [0.2, 0.25) is 0 Å². The van der Waals surface area contributed by atoms with Gasteiger partial charge < -0.3 is 0 Å². The molecule has 0 aliphatic carbocycles. The second-order valence-electron chi connectivity index (χ2n) is 3.77. The number of tetrazole rings is 1. The minimum absolute atomic E-state index is 0.617. The van der Waals surface area contributed by atoms with Crippen molar-refractivity contribution in [3.8, 4) is 11.4 Å². The number of pyridine rings is 2. The predicted octanol–water partition coefficient (Wildman–Crippen LogP) is 1.25. The predicted molar refractivity (Wildman–Crippen MR) is 64.5 cm³/mol. The van der Waals surface area contributed by atoms with E-state index in [1.807, 2.05) is 30.3 Å². The van der Waals surface area contributed by atoms with Crippen LogP contribution in [-0.2, 0) is 6.42 Å². The van der Waals surface area contributed by atoms with Gasteiger partial charge in [0.25, 0.3) is 0 Å². The molecule has 0 spiro atoms. The molecule has 0 radical (unpaired) electrons. The zero-order chi connectivity index (χ0) is 12.2. The first-order valence-electron chi connectivity index (χ1n) is 5.50. The van der Waals surface area contributed by atoms with Crippen LogP contribution in [-0.4, -0.2) is 30.6 Å². The van der Waals surface area contributed by atoms with Crippen molar-refractivity contribution in [3.63, 3.8) is 0 Å². The number of hydrogen-bond donors (Lipinski definition) is 1. The van der Waals surface area contributed by atoms with E-state index in [-0.39, 0.29) is 0 Å². The van der Waals surface area contributed by atoms with Crippen molar-refractivity contribution in [2.24, 2.45) is 0 Å². The average molecular weight is 238 g/mol. The number of aromatic nitrogens is 6. The summed E-state index contributed by atoms with van der Waals surface area (Å²) in [5, 5.41) is 13.8. The van der Waals surface area contributed by atoms with E-state index < -0.39 is 0 Å². The summed E-state index contributed by atoms with van der Waals surface area (Å²) in [5.74, 6) is 0.655. The first-order valence-corrected chi connectivity index (χ1v) is 5.50. The summed E-state index contributed by atoms with van der Waals surface area (Å²) < 4.78 is 0. The monoisotopic (exact) mass is 238 g/mol. The highest BCUT2D eigenvalue weighted by atomic mass is 15.5. The van der Waals surface area contributed by atoms with E-state index in [1.165, 1.54) is 0 Å². The fourth-order valence-electron chi connectivity index (χ4n) is 1.63. The van der Waals surface area contributed by atoms with Crippen LogP contribution in [0.5, 0.6) is 0 Å². The highest BCUT2D eigenvalue weighted by molar-refractivity contribution is 5.53. The van der Waals surface area contributed by atoms with Gasteiger partial charge in [-0.3, -0.25) is 9.97 Å². The van der Waals surface area contributed by atoms with Crippen molar-refractivity contribution >= 4 is 0 Å². The van der Waals surface area contributed by atoms with E-state index in [9.17, 15) is 0 Å². The molecule has 3 rings (SSSR count). The summed E-state index contributed by atoms with van der Waals surface area (Å²) >= 11 is 0. The van der Waals surface area contributed by atoms with Crippen LogP contribution in [0.25, 0.3) is 11.4 Å². The summed E-state index contributed by atoms with van der Waals surface area (Å²) in [6, 6.07) is 9.69. The van der Waals surface area contributed by atoms with Crippen LogP contribution in [0, 0.1) is 0 Å². The molecule has 0 aromatic carbocycles. The van der Waals surface area contributed by atoms with Crippen LogP contribution >= 0.6 is 0 Å². The number of hydrogen-bond acceptors (Lipinski definition) is 5. The molecule has 0 aliphatic rings. The van der Waals surface area contributed by atoms with E-state index in [0.717, 1.165) is 17.0 Å². The van der Waals surface area contributed by atoms with E-state index in [4.69, 9.17) is 0 Å². The quantitative estimate of drug-likeness (QED) is 0.742. The second kappa shape index (κ2) is 4.70. The zero-order valence-corrected chi connectivity index (χ0v) is 9.48. The Balaban J connectivity index is 1.81. The van der Waals surface area contributed by atoms with Crippen LogP contribution in [0.1, 0.15) is 11.4 Å².